The summed E-state index contributed by atoms with van der Waals surface area (Å²) >= 11 is 0. The van der Waals surface area contributed by atoms with E-state index in [1.54, 1.807) is 18.2 Å². The molecule has 1 spiro atoms. The summed E-state index contributed by atoms with van der Waals surface area (Å²) in [6.07, 6.45) is 1.30. The molecule has 4 aliphatic heterocycles. The van der Waals surface area contributed by atoms with Gasteiger partial charge in [-0.1, -0.05) is 6.07 Å². The lowest BCUT2D eigenvalue weighted by Crippen LogP contribution is -2.62. The fraction of sp³-hybridized carbons (Fsp3) is 0.474. The number of phenolic OH excluding ortho intramolecular Hbond substituents is 1. The molecule has 0 unspecified atom stereocenters. The first-order chi connectivity index (χ1) is 12.5. The van der Waals surface area contributed by atoms with Crippen molar-refractivity contribution in [3.05, 3.63) is 29.3 Å². The summed E-state index contributed by atoms with van der Waals surface area (Å²) in [7, 11) is 1.46. The Labute approximate surface area is 149 Å². The van der Waals surface area contributed by atoms with Crippen LogP contribution in [0.3, 0.4) is 0 Å². The molecule has 7 heteroatoms. The standard InChI is InChI=1S/C19H18O7/c1-23-13-7-10(2-3-12(13)20)6-11-15(21)14-8-18-4-5-24-16(11)19(18,26-14)9-25-17(18)22/h2-3,6-7,14,16,20H,4-5,8-9H2,1H3/b11-6+/t14-,16+,18-,19-/m1/s1. The minimum absolute atomic E-state index is 0.0225. The number of ether oxygens (including phenoxy) is 4. The first kappa shape index (κ1) is 15.8. The molecule has 4 fully saturated rings. The number of hydrogen-bond donors (Lipinski definition) is 1. The van der Waals surface area contributed by atoms with Crippen LogP contribution >= 0.6 is 0 Å². The van der Waals surface area contributed by atoms with Gasteiger partial charge >= 0.3 is 5.97 Å². The van der Waals surface area contributed by atoms with E-state index in [0.717, 1.165) is 0 Å². The highest BCUT2D eigenvalue weighted by Crippen LogP contribution is 2.62. The summed E-state index contributed by atoms with van der Waals surface area (Å²) in [5.74, 6) is -0.0996. The maximum atomic E-state index is 13.0. The van der Waals surface area contributed by atoms with Gasteiger partial charge in [0.05, 0.1) is 7.11 Å². The van der Waals surface area contributed by atoms with E-state index in [4.69, 9.17) is 18.9 Å². The highest BCUT2D eigenvalue weighted by molar-refractivity contribution is 6.06. The number of hydrogen-bond acceptors (Lipinski definition) is 7. The monoisotopic (exact) mass is 358 g/mol. The van der Waals surface area contributed by atoms with Gasteiger partial charge in [0.1, 0.15) is 29.8 Å². The van der Waals surface area contributed by atoms with Crippen LogP contribution in [0.2, 0.25) is 0 Å². The molecule has 0 aromatic heterocycles. The Bertz CT molecular complexity index is 859. The van der Waals surface area contributed by atoms with Gasteiger partial charge in [-0.3, -0.25) is 9.59 Å². The average Bonchev–Trinajstić information content (AvgIpc) is 3.13. The summed E-state index contributed by atoms with van der Waals surface area (Å²) in [5, 5.41) is 9.77. The third-order valence-electron chi connectivity index (χ3n) is 6.13. The summed E-state index contributed by atoms with van der Waals surface area (Å²) < 4.78 is 22.5. The smallest absolute Gasteiger partial charge is 0.315 e. The topological polar surface area (TPSA) is 91.3 Å². The second-order valence-electron chi connectivity index (χ2n) is 7.25. The number of ketones is 1. The summed E-state index contributed by atoms with van der Waals surface area (Å²) in [5.41, 5.74) is -0.536. The molecule has 0 saturated carbocycles. The van der Waals surface area contributed by atoms with Crippen molar-refractivity contribution in [3.63, 3.8) is 0 Å². The molecule has 1 aromatic rings. The first-order valence-electron chi connectivity index (χ1n) is 8.60. The Hall–Kier alpha value is -2.38. The van der Waals surface area contributed by atoms with E-state index in [2.05, 4.69) is 0 Å². The van der Waals surface area contributed by atoms with Crippen molar-refractivity contribution in [2.75, 3.05) is 20.3 Å². The number of carbonyl (C=O) groups is 2. The minimum atomic E-state index is -0.923. The van der Waals surface area contributed by atoms with Crippen LogP contribution in [0.25, 0.3) is 6.08 Å². The molecule has 0 radical (unpaired) electrons. The molecule has 4 atom stereocenters. The third kappa shape index (κ3) is 1.74. The van der Waals surface area contributed by atoms with Gasteiger partial charge < -0.3 is 24.1 Å². The van der Waals surface area contributed by atoms with Crippen LogP contribution in [0.4, 0.5) is 0 Å². The SMILES string of the molecule is COc1cc(/C=C2\C(=O)[C@H]3C[C@@]45CCO[C@@H]2[C@@]4(COC5=O)O3)ccc1O. The second kappa shape index (κ2) is 5.08. The van der Waals surface area contributed by atoms with E-state index >= 15 is 0 Å². The van der Waals surface area contributed by atoms with Crippen LogP contribution in [0.1, 0.15) is 18.4 Å². The van der Waals surface area contributed by atoms with Gasteiger partial charge in [0.15, 0.2) is 17.3 Å². The Morgan fingerprint density at radius 2 is 2.19 bits per heavy atom. The highest BCUT2D eigenvalue weighted by Gasteiger charge is 2.77. The quantitative estimate of drug-likeness (QED) is 0.628. The van der Waals surface area contributed by atoms with E-state index in [1.807, 2.05) is 0 Å². The van der Waals surface area contributed by atoms with Crippen LogP contribution < -0.4 is 4.74 Å². The lowest BCUT2D eigenvalue weighted by atomic mass is 9.67. The number of fused-ring (bicyclic) bond motifs is 1. The number of aromatic hydroxyl groups is 1. The van der Waals surface area contributed by atoms with Crippen molar-refractivity contribution in [1.29, 1.82) is 0 Å². The molecular formula is C19H18O7. The van der Waals surface area contributed by atoms with Gasteiger partial charge in [0.25, 0.3) is 0 Å². The molecule has 1 aromatic carbocycles. The Kier molecular flexibility index (Phi) is 3.10. The van der Waals surface area contributed by atoms with Gasteiger partial charge in [-0.15, -0.1) is 0 Å². The normalized spacial score (nSPS) is 39.0. The van der Waals surface area contributed by atoms with Crippen molar-refractivity contribution < 1.29 is 33.6 Å². The predicted molar refractivity (Wildman–Crippen MR) is 87.6 cm³/mol. The fourth-order valence-electron chi connectivity index (χ4n) is 4.84. The third-order valence-corrected chi connectivity index (χ3v) is 6.13. The molecule has 0 amide bonds. The fourth-order valence-corrected chi connectivity index (χ4v) is 4.84. The first-order valence-corrected chi connectivity index (χ1v) is 8.60. The largest absolute Gasteiger partial charge is 0.504 e. The number of phenols is 1. The van der Waals surface area contributed by atoms with E-state index in [-0.39, 0.29) is 24.1 Å². The van der Waals surface area contributed by atoms with Gasteiger partial charge in [-0.2, -0.15) is 0 Å². The summed E-state index contributed by atoms with van der Waals surface area (Å²) in [6, 6.07) is 4.85. The lowest BCUT2D eigenvalue weighted by molar-refractivity contribution is -0.197. The highest BCUT2D eigenvalue weighted by atomic mass is 16.6. The summed E-state index contributed by atoms with van der Waals surface area (Å²) in [6.45, 7) is 0.484. The molecular weight excluding hydrogens is 340 g/mol. The van der Waals surface area contributed by atoms with E-state index in [9.17, 15) is 14.7 Å². The van der Waals surface area contributed by atoms with Crippen LogP contribution in [-0.2, 0) is 23.8 Å². The second-order valence-corrected chi connectivity index (χ2v) is 7.25. The maximum absolute atomic E-state index is 13.0. The van der Waals surface area contributed by atoms with Gasteiger partial charge in [0, 0.05) is 18.6 Å². The molecule has 4 heterocycles. The Morgan fingerprint density at radius 3 is 3.00 bits per heavy atom. The Morgan fingerprint density at radius 1 is 1.35 bits per heavy atom. The van der Waals surface area contributed by atoms with Crippen molar-refractivity contribution in [1.82, 2.24) is 0 Å². The number of benzene rings is 1. The van der Waals surface area contributed by atoms with Gasteiger partial charge in [-0.05, 0) is 30.2 Å². The maximum Gasteiger partial charge on any atom is 0.315 e. The number of rotatable bonds is 2. The molecule has 4 aliphatic rings. The van der Waals surface area contributed by atoms with Crippen LogP contribution in [0.5, 0.6) is 11.5 Å². The molecule has 1 N–H and O–H groups in total. The van der Waals surface area contributed by atoms with Crippen LogP contribution in [0, 0.1) is 5.41 Å². The summed E-state index contributed by atoms with van der Waals surface area (Å²) in [4.78, 5) is 25.5. The molecule has 26 heavy (non-hydrogen) atoms. The van der Waals surface area contributed by atoms with Crippen molar-refractivity contribution in [3.8, 4) is 11.5 Å². The zero-order valence-electron chi connectivity index (χ0n) is 14.2. The minimum Gasteiger partial charge on any atom is -0.504 e. The van der Waals surface area contributed by atoms with Crippen molar-refractivity contribution in [2.45, 2.75) is 30.7 Å². The number of cyclic esters (lactones) is 1. The van der Waals surface area contributed by atoms with Crippen molar-refractivity contribution in [2.24, 2.45) is 5.41 Å². The molecule has 136 valence electrons. The molecule has 7 nitrogen and oxygen atoms in total. The Balaban J connectivity index is 1.63. The van der Waals surface area contributed by atoms with Gasteiger partial charge in [0.2, 0.25) is 0 Å². The molecule has 2 bridgehead atoms. The predicted octanol–water partition coefficient (Wildman–Crippen LogP) is 1.23. The van der Waals surface area contributed by atoms with Crippen LogP contribution in [-0.4, -0.2) is 55.0 Å². The number of carbonyl (C=O) groups excluding carboxylic acids is 2. The number of Topliss-reactive ketones (excluding diaryl/α,β-unsaturated/α-hetero) is 1. The lowest BCUT2D eigenvalue weighted by Gasteiger charge is -2.46. The average molecular weight is 358 g/mol. The molecule has 4 saturated heterocycles. The molecule has 5 rings (SSSR count). The number of methoxy groups -OCH3 is 1. The van der Waals surface area contributed by atoms with Gasteiger partial charge in [-0.25, -0.2) is 0 Å². The molecule has 0 aliphatic carbocycles. The zero-order chi connectivity index (χ0) is 18.1. The van der Waals surface area contributed by atoms with E-state index < -0.39 is 23.2 Å². The zero-order valence-corrected chi connectivity index (χ0v) is 14.2. The van der Waals surface area contributed by atoms with E-state index in [0.29, 0.717) is 36.3 Å². The van der Waals surface area contributed by atoms with E-state index in [1.165, 1.54) is 13.2 Å². The number of esters is 1. The van der Waals surface area contributed by atoms with Crippen molar-refractivity contribution >= 4 is 17.8 Å². The van der Waals surface area contributed by atoms with Crippen LogP contribution in [0.15, 0.2) is 23.8 Å².